The van der Waals surface area contributed by atoms with E-state index in [0.29, 0.717) is 5.65 Å². The van der Waals surface area contributed by atoms with Crippen molar-refractivity contribution < 1.29 is 9.90 Å². The normalized spacial score (nSPS) is 11.3. The number of aromatic nitrogens is 3. The van der Waals surface area contributed by atoms with Gasteiger partial charge in [0.1, 0.15) is 0 Å². The second kappa shape index (κ2) is 5.50. The van der Waals surface area contributed by atoms with Gasteiger partial charge in [0.2, 0.25) is 0 Å². The van der Waals surface area contributed by atoms with E-state index in [1.165, 1.54) is 0 Å². The molecule has 0 spiro atoms. The zero-order chi connectivity index (χ0) is 16.7. The molecule has 1 aromatic carbocycles. The Morgan fingerprint density at radius 2 is 1.91 bits per heavy atom. The van der Waals surface area contributed by atoms with Crippen LogP contribution in [-0.4, -0.2) is 25.7 Å². The number of carboxylic acid groups (broad SMARTS) is 1. The lowest BCUT2D eigenvalue weighted by atomic mass is 10.0. The Hall–Kier alpha value is -2.69. The van der Waals surface area contributed by atoms with E-state index in [9.17, 15) is 9.90 Å². The molecule has 1 N–H and O–H groups in total. The van der Waals surface area contributed by atoms with Gasteiger partial charge in [-0.2, -0.15) is 5.10 Å². The van der Waals surface area contributed by atoms with Crippen molar-refractivity contribution in [3.05, 3.63) is 53.0 Å². The Morgan fingerprint density at radius 1 is 1.22 bits per heavy atom. The van der Waals surface area contributed by atoms with Gasteiger partial charge < -0.3 is 5.11 Å². The number of aryl methyl sites for hydroxylation is 2. The van der Waals surface area contributed by atoms with Gasteiger partial charge in [-0.05, 0) is 37.0 Å². The van der Waals surface area contributed by atoms with Crippen LogP contribution in [0.1, 0.15) is 47.2 Å². The number of rotatable bonds is 3. The molecule has 3 aromatic rings. The summed E-state index contributed by atoms with van der Waals surface area (Å²) in [5.41, 5.74) is 5.37. The lowest BCUT2D eigenvalue weighted by Crippen LogP contribution is -2.09. The van der Waals surface area contributed by atoms with E-state index in [2.05, 4.69) is 10.1 Å². The minimum atomic E-state index is -1.02. The van der Waals surface area contributed by atoms with E-state index >= 15 is 0 Å². The van der Waals surface area contributed by atoms with Crippen molar-refractivity contribution >= 4 is 11.6 Å². The third-order valence-electron chi connectivity index (χ3n) is 4.02. The Labute approximate surface area is 134 Å². The van der Waals surface area contributed by atoms with Gasteiger partial charge in [0, 0.05) is 11.3 Å². The molecule has 0 atom stereocenters. The number of aromatic carboxylic acids is 1. The number of hydrogen-bond acceptors (Lipinski definition) is 3. The summed E-state index contributed by atoms with van der Waals surface area (Å²) in [4.78, 5) is 15.8. The molecule has 3 rings (SSSR count). The zero-order valence-electron chi connectivity index (χ0n) is 13.7. The summed E-state index contributed by atoms with van der Waals surface area (Å²) in [5.74, 6) is -0.883. The first-order valence-corrected chi connectivity index (χ1v) is 7.59. The quantitative estimate of drug-likeness (QED) is 0.798. The van der Waals surface area contributed by atoms with E-state index in [1.807, 2.05) is 52.0 Å². The molecule has 2 heterocycles. The third-order valence-corrected chi connectivity index (χ3v) is 4.02. The SMILES string of the molecule is Cc1ccccc1-c1c(C)nn2c(C(C)C)cc(C(=O)O)nc12. The second-order valence-corrected chi connectivity index (χ2v) is 6.04. The van der Waals surface area contributed by atoms with Crippen molar-refractivity contribution in [1.29, 1.82) is 0 Å². The zero-order valence-corrected chi connectivity index (χ0v) is 13.7. The van der Waals surface area contributed by atoms with Gasteiger partial charge in [0.05, 0.1) is 5.69 Å². The molecule has 0 aliphatic heterocycles. The molecule has 0 unspecified atom stereocenters. The monoisotopic (exact) mass is 309 g/mol. The van der Waals surface area contributed by atoms with Crippen LogP contribution in [0.3, 0.4) is 0 Å². The molecule has 2 aromatic heterocycles. The number of nitrogens with zero attached hydrogens (tertiary/aromatic N) is 3. The summed E-state index contributed by atoms with van der Waals surface area (Å²) in [6.45, 7) is 8.00. The number of benzene rings is 1. The largest absolute Gasteiger partial charge is 0.477 e. The highest BCUT2D eigenvalue weighted by atomic mass is 16.4. The van der Waals surface area contributed by atoms with Gasteiger partial charge in [0.15, 0.2) is 11.3 Å². The van der Waals surface area contributed by atoms with E-state index in [1.54, 1.807) is 10.6 Å². The Bertz CT molecular complexity index is 910. The van der Waals surface area contributed by atoms with Crippen LogP contribution in [0.15, 0.2) is 30.3 Å². The van der Waals surface area contributed by atoms with Crippen molar-refractivity contribution in [2.24, 2.45) is 0 Å². The molecule has 5 heteroatoms. The van der Waals surface area contributed by atoms with E-state index in [0.717, 1.165) is 28.1 Å². The summed E-state index contributed by atoms with van der Waals surface area (Å²) >= 11 is 0. The Balaban J connectivity index is 2.42. The topological polar surface area (TPSA) is 67.5 Å². The molecule has 5 nitrogen and oxygen atoms in total. The summed E-state index contributed by atoms with van der Waals surface area (Å²) in [5, 5.41) is 14.0. The van der Waals surface area contributed by atoms with Gasteiger partial charge in [-0.15, -0.1) is 0 Å². The molecular weight excluding hydrogens is 290 g/mol. The molecule has 0 aliphatic carbocycles. The standard InChI is InChI=1S/C18H19N3O2/c1-10(2)15-9-14(18(22)23)19-17-16(12(4)20-21(15)17)13-8-6-5-7-11(13)3/h5-10H,1-4H3,(H,22,23). The van der Waals surface area contributed by atoms with Gasteiger partial charge in [0.25, 0.3) is 0 Å². The van der Waals surface area contributed by atoms with Crippen LogP contribution in [0.25, 0.3) is 16.8 Å². The molecule has 23 heavy (non-hydrogen) atoms. The molecule has 0 bridgehead atoms. The first-order chi connectivity index (χ1) is 10.9. The van der Waals surface area contributed by atoms with Gasteiger partial charge in [-0.1, -0.05) is 38.1 Å². The minimum absolute atomic E-state index is 0.0518. The number of carbonyl (C=O) groups is 1. The smallest absolute Gasteiger partial charge is 0.354 e. The predicted molar refractivity (Wildman–Crippen MR) is 88.9 cm³/mol. The number of hydrogen-bond donors (Lipinski definition) is 1. The van der Waals surface area contributed by atoms with E-state index in [4.69, 9.17) is 0 Å². The van der Waals surface area contributed by atoms with Crippen molar-refractivity contribution in [1.82, 2.24) is 14.6 Å². The maximum absolute atomic E-state index is 11.4. The Morgan fingerprint density at radius 3 is 2.52 bits per heavy atom. The van der Waals surface area contributed by atoms with Crippen LogP contribution in [-0.2, 0) is 0 Å². The highest BCUT2D eigenvalue weighted by Gasteiger charge is 2.20. The lowest BCUT2D eigenvalue weighted by molar-refractivity contribution is 0.0690. The van der Waals surface area contributed by atoms with Gasteiger partial charge >= 0.3 is 5.97 Å². The first-order valence-electron chi connectivity index (χ1n) is 7.59. The van der Waals surface area contributed by atoms with Crippen LogP contribution in [0.2, 0.25) is 0 Å². The van der Waals surface area contributed by atoms with Gasteiger partial charge in [-0.25, -0.2) is 14.3 Å². The Kier molecular flexibility index (Phi) is 3.64. The van der Waals surface area contributed by atoms with Crippen molar-refractivity contribution in [2.45, 2.75) is 33.6 Å². The van der Waals surface area contributed by atoms with Crippen molar-refractivity contribution in [3.8, 4) is 11.1 Å². The highest BCUT2D eigenvalue weighted by Crippen LogP contribution is 2.31. The fourth-order valence-electron chi connectivity index (χ4n) is 2.84. The maximum atomic E-state index is 11.4. The summed E-state index contributed by atoms with van der Waals surface area (Å²) in [6.07, 6.45) is 0. The van der Waals surface area contributed by atoms with E-state index in [-0.39, 0.29) is 11.6 Å². The number of fused-ring (bicyclic) bond motifs is 1. The summed E-state index contributed by atoms with van der Waals surface area (Å²) in [6, 6.07) is 9.60. The number of carboxylic acids is 1. The lowest BCUT2D eigenvalue weighted by Gasteiger charge is -2.10. The summed E-state index contributed by atoms with van der Waals surface area (Å²) in [7, 11) is 0. The average molecular weight is 309 g/mol. The van der Waals surface area contributed by atoms with Crippen molar-refractivity contribution in [3.63, 3.8) is 0 Å². The molecule has 0 radical (unpaired) electrons. The second-order valence-electron chi connectivity index (χ2n) is 6.04. The fraction of sp³-hybridized carbons (Fsp3) is 0.278. The fourth-order valence-corrected chi connectivity index (χ4v) is 2.84. The summed E-state index contributed by atoms with van der Waals surface area (Å²) < 4.78 is 1.77. The minimum Gasteiger partial charge on any atom is -0.477 e. The molecule has 0 fully saturated rings. The third kappa shape index (κ3) is 2.48. The van der Waals surface area contributed by atoms with Crippen LogP contribution >= 0.6 is 0 Å². The average Bonchev–Trinajstić information content (AvgIpc) is 2.82. The predicted octanol–water partition coefficient (Wildman–Crippen LogP) is 3.83. The van der Waals surface area contributed by atoms with Gasteiger partial charge in [-0.3, -0.25) is 0 Å². The molecule has 0 aliphatic rings. The first kappa shape index (κ1) is 15.2. The highest BCUT2D eigenvalue weighted by molar-refractivity contribution is 5.88. The van der Waals surface area contributed by atoms with Crippen molar-refractivity contribution in [2.75, 3.05) is 0 Å². The van der Waals surface area contributed by atoms with Crippen LogP contribution in [0.5, 0.6) is 0 Å². The molecule has 0 saturated carbocycles. The molecular formula is C18H19N3O2. The van der Waals surface area contributed by atoms with Crippen LogP contribution in [0, 0.1) is 13.8 Å². The molecule has 118 valence electrons. The van der Waals surface area contributed by atoms with Crippen LogP contribution in [0.4, 0.5) is 0 Å². The molecule has 0 amide bonds. The maximum Gasteiger partial charge on any atom is 0.354 e. The molecule has 0 saturated heterocycles. The van der Waals surface area contributed by atoms with Crippen LogP contribution < -0.4 is 0 Å². The van der Waals surface area contributed by atoms with E-state index < -0.39 is 5.97 Å².